The van der Waals surface area contributed by atoms with E-state index in [1.807, 2.05) is 0 Å². The van der Waals surface area contributed by atoms with Crippen molar-refractivity contribution < 1.29 is 45.5 Å². The first-order valence-corrected chi connectivity index (χ1v) is 15.8. The lowest BCUT2D eigenvalue weighted by molar-refractivity contribution is -0.257. The number of anilines is 1. The van der Waals surface area contributed by atoms with Crippen molar-refractivity contribution in [3.8, 4) is 5.75 Å². The number of halogens is 4. The van der Waals surface area contributed by atoms with Gasteiger partial charge in [0.15, 0.2) is 5.82 Å². The van der Waals surface area contributed by atoms with Gasteiger partial charge in [-0.1, -0.05) is 41.9 Å². The number of hydrogen-bond donors (Lipinski definition) is 2. The lowest BCUT2D eigenvalue weighted by Gasteiger charge is -2.32. The zero-order valence-corrected chi connectivity index (χ0v) is 25.7. The number of thiophene rings is 1. The smallest absolute Gasteiger partial charge is 0.492 e. The summed E-state index contributed by atoms with van der Waals surface area (Å²) in [5.41, 5.74) is 2.08. The summed E-state index contributed by atoms with van der Waals surface area (Å²) in [6, 6.07) is 13.9. The molecule has 1 fully saturated rings. The Morgan fingerprint density at radius 2 is 1.87 bits per heavy atom. The number of benzene rings is 2. The fourth-order valence-electron chi connectivity index (χ4n) is 4.48. The fourth-order valence-corrected chi connectivity index (χ4v) is 6.98. The summed E-state index contributed by atoms with van der Waals surface area (Å²) in [5.74, 6) is -2.60. The molecule has 18 heteroatoms. The molecule has 4 aromatic rings. The predicted octanol–water partition coefficient (Wildman–Crippen LogP) is 3.95. The van der Waals surface area contributed by atoms with E-state index in [-0.39, 0.29) is 42.9 Å². The highest BCUT2D eigenvalue weighted by atomic mass is 35.5. The molecule has 0 saturated carbocycles. The van der Waals surface area contributed by atoms with Crippen LogP contribution in [0.5, 0.6) is 5.75 Å². The van der Waals surface area contributed by atoms with Crippen LogP contribution in [0.3, 0.4) is 0 Å². The molecule has 1 saturated heterocycles. The number of carbonyl (C=O) groups is 2. The third-order valence-electron chi connectivity index (χ3n) is 6.64. The van der Waals surface area contributed by atoms with Crippen molar-refractivity contribution in [1.82, 2.24) is 20.2 Å². The Morgan fingerprint density at radius 3 is 2.53 bits per heavy atom. The molecule has 1 amide bonds. The number of rotatable bonds is 10. The first-order valence-electron chi connectivity index (χ1n) is 13.2. The largest absolute Gasteiger partial charge is 0.496 e. The van der Waals surface area contributed by atoms with E-state index in [0.717, 1.165) is 16.9 Å². The van der Waals surface area contributed by atoms with E-state index < -0.39 is 34.1 Å². The Morgan fingerprint density at radius 1 is 1.13 bits per heavy atom. The first kappa shape index (κ1) is 32.5. The third-order valence-corrected chi connectivity index (χ3v) is 9.70. The highest BCUT2D eigenvalue weighted by molar-refractivity contribution is 7.94. The Bertz CT molecular complexity index is 1810. The van der Waals surface area contributed by atoms with E-state index in [4.69, 9.17) is 21.1 Å². The molecule has 45 heavy (non-hydrogen) atoms. The summed E-state index contributed by atoms with van der Waals surface area (Å²) in [6.45, 7) is -0.170. The molecule has 2 N–H and O–H groups in total. The molecule has 1 unspecified atom stereocenters. The van der Waals surface area contributed by atoms with Gasteiger partial charge in [-0.2, -0.15) is 18.3 Å². The Hall–Kier alpha value is -3.90. The monoisotopic (exact) mass is 687 g/mol. The van der Waals surface area contributed by atoms with Crippen LogP contribution in [0.2, 0.25) is 4.34 Å². The molecule has 1 aliphatic rings. The van der Waals surface area contributed by atoms with Crippen LogP contribution in [0.25, 0.3) is 10.9 Å². The minimum Gasteiger partial charge on any atom is -0.496 e. The van der Waals surface area contributed by atoms with Crippen molar-refractivity contribution in [2.45, 2.75) is 29.5 Å². The van der Waals surface area contributed by atoms with Gasteiger partial charge in [-0.25, -0.2) is 13.2 Å². The Labute approximate surface area is 263 Å². The van der Waals surface area contributed by atoms with E-state index in [2.05, 4.69) is 20.0 Å². The van der Waals surface area contributed by atoms with Crippen LogP contribution < -0.4 is 14.8 Å². The van der Waals surface area contributed by atoms with Gasteiger partial charge in [-0.05, 0) is 35.4 Å². The zero-order chi connectivity index (χ0) is 32.4. The summed E-state index contributed by atoms with van der Waals surface area (Å²) in [4.78, 5) is 28.4. The molecule has 5 rings (SSSR count). The summed E-state index contributed by atoms with van der Waals surface area (Å²) in [7, 11) is -2.51. The highest BCUT2D eigenvalue weighted by Gasteiger charge is 2.44. The van der Waals surface area contributed by atoms with Crippen LogP contribution in [0.4, 0.5) is 19.0 Å². The topological polar surface area (TPSA) is 141 Å². The van der Waals surface area contributed by atoms with Crippen molar-refractivity contribution in [2.24, 2.45) is 0 Å². The predicted molar refractivity (Wildman–Crippen MR) is 157 cm³/mol. The summed E-state index contributed by atoms with van der Waals surface area (Å²) < 4.78 is 79.1. The molecule has 1 aliphatic heterocycles. The van der Waals surface area contributed by atoms with Gasteiger partial charge in [0.05, 0.1) is 48.7 Å². The van der Waals surface area contributed by atoms with E-state index >= 15 is 0 Å². The van der Waals surface area contributed by atoms with E-state index in [0.29, 0.717) is 31.6 Å². The van der Waals surface area contributed by atoms with Crippen LogP contribution in [0.1, 0.15) is 11.1 Å². The minimum atomic E-state index is -5.20. The molecule has 1 atom stereocenters. The lowest BCUT2D eigenvalue weighted by atomic mass is 10.1. The molecule has 240 valence electrons. The minimum absolute atomic E-state index is 0.00836. The van der Waals surface area contributed by atoms with Gasteiger partial charge in [0.1, 0.15) is 16.0 Å². The Kier molecular flexibility index (Phi) is 9.54. The molecule has 2 aromatic heterocycles. The van der Waals surface area contributed by atoms with Crippen LogP contribution in [-0.2, 0) is 42.3 Å². The number of aromatic nitrogens is 2. The maximum Gasteiger partial charge on any atom is 0.492 e. The van der Waals surface area contributed by atoms with E-state index in [9.17, 15) is 31.2 Å². The van der Waals surface area contributed by atoms with Crippen LogP contribution >= 0.6 is 22.9 Å². The molecular formula is C27H25ClF3N5O7S2. The number of sulfonamides is 1. The number of amides is 1. The number of hydrogen-bond acceptors (Lipinski definition) is 10. The SMILES string of the molecule is COc1cccc2c1c(NS(=O)(=O)c1ccc(Cl)s1)nn2Cc1ccc(CNC(=O)C2COCCN2OC(=O)C(F)(F)F)cc1. The molecule has 0 aliphatic carbocycles. The summed E-state index contributed by atoms with van der Waals surface area (Å²) in [6.07, 6.45) is -5.20. The van der Waals surface area contributed by atoms with Gasteiger partial charge in [0, 0.05) is 6.54 Å². The van der Waals surface area contributed by atoms with E-state index in [1.165, 1.54) is 19.2 Å². The second-order valence-electron chi connectivity index (χ2n) is 9.67. The van der Waals surface area contributed by atoms with Crippen LogP contribution in [0.15, 0.2) is 58.8 Å². The molecule has 0 radical (unpaired) electrons. The number of nitrogens with one attached hydrogen (secondary N) is 2. The average molecular weight is 688 g/mol. The molecule has 2 aromatic carbocycles. The number of ether oxygens (including phenoxy) is 2. The molecule has 3 heterocycles. The van der Waals surface area contributed by atoms with Gasteiger partial charge >= 0.3 is 12.1 Å². The van der Waals surface area contributed by atoms with Gasteiger partial charge in [-0.15, -0.1) is 16.4 Å². The quantitative estimate of drug-likeness (QED) is 0.254. The number of hydroxylamine groups is 2. The standard InChI is InChI=1S/C27H25ClF3N5O7S2/c1-41-20-4-2-3-18-23(20)24(34-45(39,40)22-10-9-21(28)44-22)33-35(18)14-17-7-5-16(6-8-17)13-32-25(37)19-15-42-12-11-36(19)43-26(38)27(29,30)31/h2-10,19H,11-15H2,1H3,(H,32,37)(H,33,34). The number of nitrogens with zero attached hydrogens (tertiary/aromatic N) is 3. The van der Waals surface area contributed by atoms with Gasteiger partial charge in [-0.3, -0.25) is 14.2 Å². The molecule has 0 spiro atoms. The maximum absolute atomic E-state index is 13.0. The molecular weight excluding hydrogens is 663 g/mol. The average Bonchev–Trinajstić information content (AvgIpc) is 3.60. The second kappa shape index (κ2) is 13.2. The number of carbonyl (C=O) groups excluding carboxylic acids is 2. The zero-order valence-electron chi connectivity index (χ0n) is 23.3. The van der Waals surface area contributed by atoms with Gasteiger partial charge in [0.2, 0.25) is 5.91 Å². The first-order chi connectivity index (χ1) is 21.4. The van der Waals surface area contributed by atoms with Gasteiger partial charge in [0.25, 0.3) is 10.0 Å². The number of fused-ring (bicyclic) bond motifs is 1. The van der Waals surface area contributed by atoms with Crippen molar-refractivity contribution in [3.05, 3.63) is 70.1 Å². The normalized spacial score (nSPS) is 16.0. The molecule has 0 bridgehead atoms. The maximum atomic E-state index is 13.0. The highest BCUT2D eigenvalue weighted by Crippen LogP contribution is 2.35. The van der Waals surface area contributed by atoms with Crippen molar-refractivity contribution in [2.75, 3.05) is 31.6 Å². The third kappa shape index (κ3) is 7.50. The Balaban J connectivity index is 1.28. The van der Waals surface area contributed by atoms with Crippen LogP contribution in [-0.4, -0.2) is 74.2 Å². The van der Waals surface area contributed by atoms with E-state index in [1.54, 1.807) is 47.1 Å². The second-order valence-corrected chi connectivity index (χ2v) is 13.3. The lowest BCUT2D eigenvalue weighted by Crippen LogP contribution is -2.55. The fraction of sp³-hybridized carbons (Fsp3) is 0.296. The number of methoxy groups -OCH3 is 1. The summed E-state index contributed by atoms with van der Waals surface area (Å²) >= 11 is 6.84. The van der Waals surface area contributed by atoms with Crippen molar-refractivity contribution in [1.29, 1.82) is 0 Å². The molecule has 12 nitrogen and oxygen atoms in total. The van der Waals surface area contributed by atoms with Crippen LogP contribution in [0, 0.1) is 0 Å². The number of alkyl halides is 3. The van der Waals surface area contributed by atoms with Gasteiger partial charge < -0.3 is 19.6 Å². The summed E-state index contributed by atoms with van der Waals surface area (Å²) in [5, 5.41) is 8.28. The van der Waals surface area contributed by atoms with Crippen molar-refractivity contribution >= 4 is 61.6 Å². The van der Waals surface area contributed by atoms with Crippen molar-refractivity contribution in [3.63, 3.8) is 0 Å². The number of morpholine rings is 1.